The minimum absolute atomic E-state index is 1.15. The fourth-order valence-corrected chi connectivity index (χ4v) is 5.28. The molecule has 0 spiro atoms. The van der Waals surface area contributed by atoms with Gasteiger partial charge in [-0.2, -0.15) is 0 Å². The van der Waals surface area contributed by atoms with Crippen LogP contribution in [-0.4, -0.2) is 0 Å². The SMILES string of the molecule is c1ccc(N(c2cccc3cc4ccccc4cc23)c2cccc3cc4ccccc4cc23)cc1. The van der Waals surface area contributed by atoms with Gasteiger partial charge in [-0.15, -0.1) is 0 Å². The average molecular weight is 446 g/mol. The van der Waals surface area contributed by atoms with Crippen LogP contribution in [0.1, 0.15) is 0 Å². The van der Waals surface area contributed by atoms with E-state index in [1.54, 1.807) is 0 Å². The number of fused-ring (bicyclic) bond motifs is 4. The van der Waals surface area contributed by atoms with Gasteiger partial charge >= 0.3 is 0 Å². The second-order valence-electron chi connectivity index (χ2n) is 9.07. The van der Waals surface area contributed by atoms with Crippen molar-refractivity contribution in [2.24, 2.45) is 0 Å². The molecule has 7 rings (SSSR count). The van der Waals surface area contributed by atoms with Crippen LogP contribution in [0, 0.1) is 0 Å². The molecule has 0 saturated heterocycles. The fourth-order valence-electron chi connectivity index (χ4n) is 5.28. The maximum Gasteiger partial charge on any atom is 0.0540 e. The Balaban J connectivity index is 1.56. The van der Waals surface area contributed by atoms with Gasteiger partial charge in [-0.05, 0) is 80.8 Å². The molecule has 0 atom stereocenters. The maximum absolute atomic E-state index is 2.41. The van der Waals surface area contributed by atoms with E-state index in [0.717, 1.165) is 5.69 Å². The first-order chi connectivity index (χ1) is 17.3. The summed E-state index contributed by atoms with van der Waals surface area (Å²) in [5.41, 5.74) is 3.51. The molecule has 0 radical (unpaired) electrons. The molecule has 7 aromatic rings. The molecule has 0 bridgehead atoms. The van der Waals surface area contributed by atoms with Gasteiger partial charge in [0.05, 0.1) is 11.4 Å². The highest BCUT2D eigenvalue weighted by Gasteiger charge is 2.18. The predicted molar refractivity (Wildman–Crippen MR) is 151 cm³/mol. The molecule has 0 heterocycles. The van der Waals surface area contributed by atoms with Crippen LogP contribution in [0.5, 0.6) is 0 Å². The first-order valence-corrected chi connectivity index (χ1v) is 12.0. The van der Waals surface area contributed by atoms with Gasteiger partial charge in [-0.3, -0.25) is 0 Å². The molecule has 7 aromatic carbocycles. The molecule has 35 heavy (non-hydrogen) atoms. The van der Waals surface area contributed by atoms with Gasteiger partial charge in [-0.25, -0.2) is 0 Å². The molecule has 0 fully saturated rings. The van der Waals surface area contributed by atoms with Crippen LogP contribution in [-0.2, 0) is 0 Å². The third kappa shape index (κ3) is 3.33. The average Bonchev–Trinajstić information content (AvgIpc) is 2.92. The number of hydrogen-bond donors (Lipinski definition) is 0. The molecule has 0 aliphatic carbocycles. The zero-order valence-electron chi connectivity index (χ0n) is 19.2. The lowest BCUT2D eigenvalue weighted by molar-refractivity contribution is 1.31. The largest absolute Gasteiger partial charge is 0.309 e. The lowest BCUT2D eigenvalue weighted by atomic mass is 9.99. The molecule has 0 aromatic heterocycles. The van der Waals surface area contributed by atoms with Crippen molar-refractivity contribution >= 4 is 60.2 Å². The molecule has 0 aliphatic rings. The van der Waals surface area contributed by atoms with Crippen LogP contribution in [0.4, 0.5) is 17.1 Å². The van der Waals surface area contributed by atoms with Crippen molar-refractivity contribution in [1.82, 2.24) is 0 Å². The van der Waals surface area contributed by atoms with E-state index in [-0.39, 0.29) is 0 Å². The third-order valence-corrected chi connectivity index (χ3v) is 6.94. The Bertz CT molecular complexity index is 1730. The van der Waals surface area contributed by atoms with E-state index in [0.29, 0.717) is 0 Å². The first-order valence-electron chi connectivity index (χ1n) is 12.0. The molecule has 0 amide bonds. The van der Waals surface area contributed by atoms with Gasteiger partial charge < -0.3 is 4.90 Å². The summed E-state index contributed by atoms with van der Waals surface area (Å²) in [5.74, 6) is 0. The van der Waals surface area contributed by atoms with Crippen LogP contribution in [0.15, 0.2) is 140 Å². The molecule has 0 N–H and O–H groups in total. The molecular formula is C34H23N. The Morgan fingerprint density at radius 1 is 0.314 bits per heavy atom. The fraction of sp³-hybridized carbons (Fsp3) is 0. The second-order valence-corrected chi connectivity index (χ2v) is 9.07. The van der Waals surface area contributed by atoms with Gasteiger partial charge in [0.1, 0.15) is 0 Å². The second kappa shape index (κ2) is 8.00. The van der Waals surface area contributed by atoms with Crippen LogP contribution in [0.25, 0.3) is 43.1 Å². The van der Waals surface area contributed by atoms with Gasteiger partial charge in [0.2, 0.25) is 0 Å². The molecule has 1 nitrogen and oxygen atoms in total. The quantitative estimate of drug-likeness (QED) is 0.245. The summed E-state index contributed by atoms with van der Waals surface area (Å²) in [6.45, 7) is 0. The van der Waals surface area contributed by atoms with Crippen molar-refractivity contribution in [2.75, 3.05) is 4.90 Å². The maximum atomic E-state index is 2.41. The van der Waals surface area contributed by atoms with Crippen LogP contribution >= 0.6 is 0 Å². The molecular weight excluding hydrogens is 422 g/mol. The smallest absolute Gasteiger partial charge is 0.0540 e. The summed E-state index contributed by atoms with van der Waals surface area (Å²) in [7, 11) is 0. The molecule has 0 saturated carbocycles. The Morgan fingerprint density at radius 3 is 1.20 bits per heavy atom. The van der Waals surface area contributed by atoms with E-state index in [1.165, 1.54) is 54.5 Å². The van der Waals surface area contributed by atoms with Crippen molar-refractivity contribution in [2.45, 2.75) is 0 Å². The Labute approximate surface area is 204 Å². The molecule has 0 aliphatic heterocycles. The highest BCUT2D eigenvalue weighted by Crippen LogP contribution is 2.43. The van der Waals surface area contributed by atoms with Crippen LogP contribution in [0.3, 0.4) is 0 Å². The first kappa shape index (κ1) is 19.8. The van der Waals surface area contributed by atoms with Gasteiger partial charge in [0, 0.05) is 16.5 Å². The van der Waals surface area contributed by atoms with Crippen LogP contribution in [0.2, 0.25) is 0 Å². The minimum atomic E-state index is 1.15. The summed E-state index contributed by atoms with van der Waals surface area (Å²) in [5, 5.41) is 10.0. The lowest BCUT2D eigenvalue weighted by Gasteiger charge is -2.28. The van der Waals surface area contributed by atoms with Crippen molar-refractivity contribution in [3.63, 3.8) is 0 Å². The van der Waals surface area contributed by atoms with E-state index < -0.39 is 0 Å². The highest BCUT2D eigenvalue weighted by atomic mass is 15.1. The van der Waals surface area contributed by atoms with E-state index in [2.05, 4.69) is 144 Å². The Hall–Kier alpha value is -4.62. The molecule has 164 valence electrons. The summed E-state index contributed by atoms with van der Waals surface area (Å²) >= 11 is 0. The number of hydrogen-bond acceptors (Lipinski definition) is 1. The van der Waals surface area contributed by atoms with Gasteiger partial charge in [0.15, 0.2) is 0 Å². The van der Waals surface area contributed by atoms with E-state index in [4.69, 9.17) is 0 Å². The van der Waals surface area contributed by atoms with E-state index in [9.17, 15) is 0 Å². The minimum Gasteiger partial charge on any atom is -0.309 e. The van der Waals surface area contributed by atoms with Crippen molar-refractivity contribution in [1.29, 1.82) is 0 Å². The third-order valence-electron chi connectivity index (χ3n) is 6.94. The van der Waals surface area contributed by atoms with Crippen molar-refractivity contribution in [3.8, 4) is 0 Å². The monoisotopic (exact) mass is 445 g/mol. The van der Waals surface area contributed by atoms with E-state index >= 15 is 0 Å². The Kier molecular flexibility index (Phi) is 4.53. The Morgan fingerprint density at radius 2 is 0.714 bits per heavy atom. The van der Waals surface area contributed by atoms with Crippen molar-refractivity contribution in [3.05, 3.63) is 140 Å². The lowest BCUT2D eigenvalue weighted by Crippen LogP contribution is -2.11. The van der Waals surface area contributed by atoms with E-state index in [1.807, 2.05) is 0 Å². The normalized spacial score (nSPS) is 11.4. The van der Waals surface area contributed by atoms with Crippen molar-refractivity contribution < 1.29 is 0 Å². The number of rotatable bonds is 3. The molecule has 0 unspecified atom stereocenters. The summed E-state index contributed by atoms with van der Waals surface area (Å²) < 4.78 is 0. The summed E-state index contributed by atoms with van der Waals surface area (Å²) in [6.07, 6.45) is 0. The standard InChI is InChI=1S/C34H23N/c1-2-16-30(17-3-1)35(33-18-8-14-28-20-24-10-4-6-12-26(24)22-31(28)33)34-19-9-15-29-21-25-11-5-7-13-27(25)23-32(29)34/h1-23H. The predicted octanol–water partition coefficient (Wildman–Crippen LogP) is 9.77. The zero-order valence-corrected chi connectivity index (χ0v) is 19.2. The summed E-state index contributed by atoms with van der Waals surface area (Å²) in [6, 6.07) is 50.4. The van der Waals surface area contributed by atoms with Gasteiger partial charge in [0.25, 0.3) is 0 Å². The summed E-state index contributed by atoms with van der Waals surface area (Å²) in [4.78, 5) is 2.41. The number of nitrogens with zero attached hydrogens (tertiary/aromatic N) is 1. The van der Waals surface area contributed by atoms with Crippen LogP contribution < -0.4 is 4.90 Å². The number of anilines is 3. The number of benzene rings is 7. The zero-order chi connectivity index (χ0) is 23.2. The molecule has 1 heteroatoms. The highest BCUT2D eigenvalue weighted by molar-refractivity contribution is 6.10. The number of para-hydroxylation sites is 1. The topological polar surface area (TPSA) is 3.24 Å². The van der Waals surface area contributed by atoms with Gasteiger partial charge in [-0.1, -0.05) is 91.0 Å².